The van der Waals surface area contributed by atoms with Crippen molar-refractivity contribution in [3.8, 4) is 0 Å². The van der Waals surface area contributed by atoms with Crippen LogP contribution in [0.3, 0.4) is 0 Å². The molecule has 0 saturated heterocycles. The lowest BCUT2D eigenvalue weighted by molar-refractivity contribution is -0.139. The number of ether oxygens (including phenoxy) is 1. The van der Waals surface area contributed by atoms with Gasteiger partial charge in [-0.3, -0.25) is 9.78 Å². The van der Waals surface area contributed by atoms with E-state index in [0.717, 1.165) is 28.5 Å². The van der Waals surface area contributed by atoms with Crippen LogP contribution in [0.5, 0.6) is 0 Å². The van der Waals surface area contributed by atoms with Gasteiger partial charge in [0.1, 0.15) is 0 Å². The molecular formula is C20H21NO2. The van der Waals surface area contributed by atoms with E-state index in [-0.39, 0.29) is 12.4 Å². The fraction of sp³-hybridized carbons (Fsp3) is 0.200. The largest absolute Gasteiger partial charge is 0.469 e. The van der Waals surface area contributed by atoms with Gasteiger partial charge in [-0.05, 0) is 40.7 Å². The molecule has 0 saturated carbocycles. The molecule has 0 spiro atoms. The number of carbonyl (C=O) groups is 1. The van der Waals surface area contributed by atoms with E-state index < -0.39 is 0 Å². The number of nitrogens with zero attached hydrogens (tertiary/aromatic N) is 1. The molecule has 2 aromatic rings. The highest BCUT2D eigenvalue weighted by Gasteiger charge is 2.06. The molecule has 0 aliphatic carbocycles. The van der Waals surface area contributed by atoms with Crippen molar-refractivity contribution < 1.29 is 9.53 Å². The van der Waals surface area contributed by atoms with E-state index >= 15 is 0 Å². The van der Waals surface area contributed by atoms with Crippen LogP contribution in [-0.2, 0) is 16.0 Å². The molecule has 0 unspecified atom stereocenters. The van der Waals surface area contributed by atoms with Crippen molar-refractivity contribution >= 4 is 22.3 Å². The number of fused-ring (bicyclic) bond motifs is 1. The number of pyridine rings is 1. The summed E-state index contributed by atoms with van der Waals surface area (Å²) in [6.07, 6.45) is 6.54. The lowest BCUT2D eigenvalue weighted by atomic mass is 10.0. The summed E-state index contributed by atoms with van der Waals surface area (Å²) >= 11 is 0. The van der Waals surface area contributed by atoms with Crippen LogP contribution in [0, 0.1) is 0 Å². The third-order valence-corrected chi connectivity index (χ3v) is 3.67. The van der Waals surface area contributed by atoms with Crippen LogP contribution in [0.4, 0.5) is 0 Å². The van der Waals surface area contributed by atoms with Gasteiger partial charge in [-0.1, -0.05) is 44.4 Å². The molecule has 0 amide bonds. The SMILES string of the molecule is C=C/C(=C\C(=C)CC(=O)OC)c1cc2cc(CC)ccc2cn1. The fourth-order valence-corrected chi connectivity index (χ4v) is 2.33. The summed E-state index contributed by atoms with van der Waals surface area (Å²) in [4.78, 5) is 15.8. The zero-order chi connectivity index (χ0) is 16.8. The molecule has 2 rings (SSSR count). The maximum atomic E-state index is 11.3. The predicted octanol–water partition coefficient (Wildman–Crippen LogP) is 4.49. The van der Waals surface area contributed by atoms with Crippen LogP contribution >= 0.6 is 0 Å². The molecular weight excluding hydrogens is 286 g/mol. The minimum atomic E-state index is -0.311. The summed E-state index contributed by atoms with van der Waals surface area (Å²) in [5.41, 5.74) is 3.60. The summed E-state index contributed by atoms with van der Waals surface area (Å²) in [6.45, 7) is 9.86. The number of aromatic nitrogens is 1. The van der Waals surface area contributed by atoms with Gasteiger partial charge in [-0.2, -0.15) is 0 Å². The highest BCUT2D eigenvalue weighted by molar-refractivity contribution is 5.87. The van der Waals surface area contributed by atoms with Crippen molar-refractivity contribution in [3.05, 3.63) is 72.6 Å². The van der Waals surface area contributed by atoms with Crippen LogP contribution in [0.25, 0.3) is 16.3 Å². The van der Waals surface area contributed by atoms with Gasteiger partial charge in [-0.15, -0.1) is 0 Å². The molecule has 1 aromatic carbocycles. The van der Waals surface area contributed by atoms with Crippen molar-refractivity contribution in [1.29, 1.82) is 0 Å². The zero-order valence-corrected chi connectivity index (χ0v) is 13.6. The van der Waals surface area contributed by atoms with Gasteiger partial charge in [-0.25, -0.2) is 0 Å². The topological polar surface area (TPSA) is 39.2 Å². The smallest absolute Gasteiger partial charge is 0.309 e. The van der Waals surface area contributed by atoms with Gasteiger partial charge in [0.2, 0.25) is 0 Å². The van der Waals surface area contributed by atoms with E-state index in [1.807, 2.05) is 18.3 Å². The molecule has 0 bridgehead atoms. The first-order chi connectivity index (χ1) is 11.1. The number of aryl methyl sites for hydroxylation is 1. The highest BCUT2D eigenvalue weighted by atomic mass is 16.5. The van der Waals surface area contributed by atoms with E-state index in [2.05, 4.69) is 48.0 Å². The van der Waals surface area contributed by atoms with Crippen LogP contribution < -0.4 is 0 Å². The van der Waals surface area contributed by atoms with E-state index in [9.17, 15) is 4.79 Å². The summed E-state index contributed by atoms with van der Waals surface area (Å²) < 4.78 is 4.65. The molecule has 118 valence electrons. The molecule has 1 aromatic heterocycles. The Hall–Kier alpha value is -2.68. The molecule has 0 atom stereocenters. The molecule has 3 heteroatoms. The zero-order valence-electron chi connectivity index (χ0n) is 13.6. The Bertz CT molecular complexity index is 787. The molecule has 0 aliphatic heterocycles. The van der Waals surface area contributed by atoms with Crippen molar-refractivity contribution in [2.24, 2.45) is 0 Å². The number of hydrogen-bond acceptors (Lipinski definition) is 3. The van der Waals surface area contributed by atoms with Crippen LogP contribution in [0.1, 0.15) is 24.6 Å². The quantitative estimate of drug-likeness (QED) is 0.583. The Morgan fingerprint density at radius 2 is 2.09 bits per heavy atom. The van der Waals surface area contributed by atoms with Gasteiger partial charge in [0.25, 0.3) is 0 Å². The van der Waals surface area contributed by atoms with Crippen LogP contribution in [-0.4, -0.2) is 18.1 Å². The number of carbonyl (C=O) groups excluding carboxylic acids is 1. The van der Waals surface area contributed by atoms with Crippen molar-refractivity contribution in [3.63, 3.8) is 0 Å². The normalized spacial score (nSPS) is 11.3. The lowest BCUT2D eigenvalue weighted by Gasteiger charge is -2.07. The minimum absolute atomic E-state index is 0.154. The van der Waals surface area contributed by atoms with Crippen LogP contribution in [0.2, 0.25) is 0 Å². The maximum absolute atomic E-state index is 11.3. The molecule has 0 N–H and O–H groups in total. The Kier molecular flexibility index (Phi) is 5.47. The predicted molar refractivity (Wildman–Crippen MR) is 95.1 cm³/mol. The number of methoxy groups -OCH3 is 1. The Balaban J connectivity index is 2.37. The average molecular weight is 307 g/mol. The molecule has 0 radical (unpaired) electrons. The average Bonchev–Trinajstić information content (AvgIpc) is 2.58. The molecule has 0 fully saturated rings. The fourth-order valence-electron chi connectivity index (χ4n) is 2.33. The number of hydrogen-bond donors (Lipinski definition) is 0. The number of esters is 1. The minimum Gasteiger partial charge on any atom is -0.469 e. The number of allylic oxidation sites excluding steroid dienone is 3. The first kappa shape index (κ1) is 16.7. The van der Waals surface area contributed by atoms with Gasteiger partial charge in [0.15, 0.2) is 0 Å². The summed E-state index contributed by atoms with van der Waals surface area (Å²) in [5.74, 6) is -0.311. The van der Waals surface area contributed by atoms with Crippen LogP contribution in [0.15, 0.2) is 61.3 Å². The highest BCUT2D eigenvalue weighted by Crippen LogP contribution is 2.22. The van der Waals surface area contributed by atoms with E-state index in [1.165, 1.54) is 12.7 Å². The van der Waals surface area contributed by atoms with Crippen molar-refractivity contribution in [1.82, 2.24) is 4.98 Å². The molecule has 0 aliphatic rings. The van der Waals surface area contributed by atoms with E-state index in [4.69, 9.17) is 0 Å². The summed E-state index contributed by atoms with van der Waals surface area (Å²) in [5, 5.41) is 2.24. The second-order valence-corrected chi connectivity index (χ2v) is 5.32. The van der Waals surface area contributed by atoms with E-state index in [1.54, 1.807) is 6.08 Å². The van der Waals surface area contributed by atoms with Crippen molar-refractivity contribution in [2.45, 2.75) is 19.8 Å². The van der Waals surface area contributed by atoms with Gasteiger partial charge in [0, 0.05) is 11.6 Å². The summed E-state index contributed by atoms with van der Waals surface area (Å²) in [6, 6.07) is 8.41. The molecule has 3 nitrogen and oxygen atoms in total. The second kappa shape index (κ2) is 7.54. The first-order valence-electron chi connectivity index (χ1n) is 7.55. The molecule has 23 heavy (non-hydrogen) atoms. The van der Waals surface area contributed by atoms with E-state index in [0.29, 0.717) is 5.57 Å². The Morgan fingerprint density at radius 1 is 1.30 bits per heavy atom. The van der Waals surface area contributed by atoms with Crippen molar-refractivity contribution in [2.75, 3.05) is 7.11 Å². The standard InChI is InChI=1S/C20H21NO2/c1-5-15-7-8-17-13-21-19(12-18(17)11-15)16(6-2)9-14(3)10-20(22)23-4/h6-9,11-13H,2-3,5,10H2,1,4H3/b16-9+. The Morgan fingerprint density at radius 3 is 2.74 bits per heavy atom. The Labute approximate surface area is 137 Å². The number of rotatable bonds is 6. The lowest BCUT2D eigenvalue weighted by Crippen LogP contribution is -2.00. The van der Waals surface area contributed by atoms with Gasteiger partial charge >= 0.3 is 5.97 Å². The molecule has 1 heterocycles. The third-order valence-electron chi connectivity index (χ3n) is 3.67. The second-order valence-electron chi connectivity index (χ2n) is 5.32. The number of benzene rings is 1. The van der Waals surface area contributed by atoms with Gasteiger partial charge in [0.05, 0.1) is 19.2 Å². The first-order valence-corrected chi connectivity index (χ1v) is 7.55. The maximum Gasteiger partial charge on any atom is 0.309 e. The van der Waals surface area contributed by atoms with Gasteiger partial charge < -0.3 is 4.74 Å². The summed E-state index contributed by atoms with van der Waals surface area (Å²) in [7, 11) is 1.37. The monoisotopic (exact) mass is 307 g/mol. The third kappa shape index (κ3) is 4.16.